The van der Waals surface area contributed by atoms with Gasteiger partial charge in [-0.15, -0.1) is 11.3 Å². The van der Waals surface area contributed by atoms with Crippen molar-refractivity contribution < 1.29 is 13.2 Å². The quantitative estimate of drug-likeness (QED) is 0.819. The average molecular weight is 394 g/mol. The number of anilines is 1. The Balaban J connectivity index is 1.67. The minimum Gasteiger partial charge on any atom is -0.376 e. The first-order valence-corrected chi connectivity index (χ1v) is 10.8. The molecule has 0 bridgehead atoms. The normalized spacial score (nSPS) is 17.7. The molecule has 0 spiro atoms. The zero-order chi connectivity index (χ0) is 18.7. The van der Waals surface area contributed by atoms with E-state index in [1.165, 1.54) is 23.3 Å². The van der Waals surface area contributed by atoms with Gasteiger partial charge in [-0.1, -0.05) is 12.1 Å². The molecule has 0 radical (unpaired) electrons. The summed E-state index contributed by atoms with van der Waals surface area (Å²) in [5.41, 5.74) is 0.619. The molecule has 1 saturated heterocycles. The van der Waals surface area contributed by atoms with Gasteiger partial charge in [0.1, 0.15) is 0 Å². The molecule has 3 rings (SSSR count). The maximum Gasteiger partial charge on any atom is 0.242 e. The molecule has 1 N–H and O–H groups in total. The highest BCUT2D eigenvalue weighted by atomic mass is 32.2. The number of benzene rings is 1. The molecule has 0 saturated carbocycles. The topological polar surface area (TPSA) is 69.7 Å². The van der Waals surface area contributed by atoms with Crippen molar-refractivity contribution in [2.24, 2.45) is 0 Å². The number of likely N-dealkylation sites (tertiary alicyclic amines) is 1. The van der Waals surface area contributed by atoms with E-state index in [0.717, 1.165) is 19.4 Å². The van der Waals surface area contributed by atoms with Gasteiger partial charge in [0.15, 0.2) is 0 Å². The molecular formula is C18H23N3O3S2. The van der Waals surface area contributed by atoms with E-state index in [1.807, 2.05) is 16.3 Å². The number of nitrogens with zero attached hydrogens (tertiary/aromatic N) is 2. The van der Waals surface area contributed by atoms with E-state index >= 15 is 0 Å². The largest absolute Gasteiger partial charge is 0.376 e. The van der Waals surface area contributed by atoms with E-state index in [2.05, 4.69) is 11.4 Å². The van der Waals surface area contributed by atoms with Crippen LogP contribution in [0.4, 0.5) is 5.69 Å². The Morgan fingerprint density at radius 2 is 2.12 bits per heavy atom. The van der Waals surface area contributed by atoms with E-state index in [4.69, 9.17) is 0 Å². The number of hydrogen-bond donors (Lipinski definition) is 1. The second-order valence-corrected chi connectivity index (χ2v) is 9.56. The number of amides is 1. The Hall–Kier alpha value is -1.90. The second kappa shape index (κ2) is 7.77. The third kappa shape index (κ3) is 3.92. The van der Waals surface area contributed by atoms with Gasteiger partial charge in [-0.05, 0) is 42.5 Å². The van der Waals surface area contributed by atoms with Crippen molar-refractivity contribution in [3.8, 4) is 0 Å². The minimum atomic E-state index is -3.49. The van der Waals surface area contributed by atoms with E-state index in [1.54, 1.807) is 35.6 Å². The van der Waals surface area contributed by atoms with Crippen molar-refractivity contribution in [3.63, 3.8) is 0 Å². The van der Waals surface area contributed by atoms with Crippen LogP contribution in [0, 0.1) is 0 Å². The highest BCUT2D eigenvalue weighted by Gasteiger charge is 2.30. The van der Waals surface area contributed by atoms with Crippen LogP contribution < -0.4 is 5.32 Å². The van der Waals surface area contributed by atoms with Gasteiger partial charge in [0, 0.05) is 31.2 Å². The van der Waals surface area contributed by atoms with Gasteiger partial charge in [-0.2, -0.15) is 0 Å². The molecule has 8 heteroatoms. The number of carbonyl (C=O) groups is 1. The molecule has 26 heavy (non-hydrogen) atoms. The Morgan fingerprint density at radius 1 is 1.31 bits per heavy atom. The van der Waals surface area contributed by atoms with Gasteiger partial charge >= 0.3 is 0 Å². The van der Waals surface area contributed by atoms with Crippen molar-refractivity contribution in [2.75, 3.05) is 32.5 Å². The molecule has 1 fully saturated rings. The summed E-state index contributed by atoms with van der Waals surface area (Å²) >= 11 is 1.68. The van der Waals surface area contributed by atoms with Crippen molar-refractivity contribution in [1.82, 2.24) is 9.21 Å². The van der Waals surface area contributed by atoms with E-state index in [-0.39, 0.29) is 23.4 Å². The predicted octanol–water partition coefficient (Wildman–Crippen LogP) is 2.77. The lowest BCUT2D eigenvalue weighted by atomic mass is 10.2. The standard InChI is InChI=1S/C18H23N3O3S2/c1-20(2)26(23,24)15-7-3-6-14(12-15)19-13-18(22)21-10-4-8-16(21)17-9-5-11-25-17/h3,5-7,9,11-12,16,19H,4,8,10,13H2,1-2H3. The van der Waals surface area contributed by atoms with Crippen LogP contribution in [0.25, 0.3) is 0 Å². The third-order valence-electron chi connectivity index (χ3n) is 4.50. The average Bonchev–Trinajstić information content (AvgIpc) is 3.30. The number of sulfonamides is 1. The van der Waals surface area contributed by atoms with Crippen LogP contribution in [0.3, 0.4) is 0 Å². The maximum atomic E-state index is 12.7. The smallest absolute Gasteiger partial charge is 0.242 e. The van der Waals surface area contributed by atoms with Crippen LogP contribution in [0.1, 0.15) is 23.8 Å². The molecule has 1 unspecified atom stereocenters. The predicted molar refractivity (Wildman–Crippen MR) is 104 cm³/mol. The fourth-order valence-corrected chi connectivity index (χ4v) is 4.92. The summed E-state index contributed by atoms with van der Waals surface area (Å²) in [5, 5.41) is 5.10. The summed E-state index contributed by atoms with van der Waals surface area (Å²) in [6.45, 7) is 0.908. The van der Waals surface area contributed by atoms with Gasteiger partial charge in [0.2, 0.25) is 15.9 Å². The SMILES string of the molecule is CN(C)S(=O)(=O)c1cccc(NCC(=O)N2CCCC2c2cccs2)c1. The lowest BCUT2D eigenvalue weighted by Gasteiger charge is -2.24. The summed E-state index contributed by atoms with van der Waals surface area (Å²) in [5.74, 6) is 0.0294. The maximum absolute atomic E-state index is 12.7. The van der Waals surface area contributed by atoms with E-state index < -0.39 is 10.0 Å². The fraction of sp³-hybridized carbons (Fsp3) is 0.389. The van der Waals surface area contributed by atoms with Gasteiger partial charge in [-0.25, -0.2) is 12.7 Å². The van der Waals surface area contributed by atoms with Crippen molar-refractivity contribution in [1.29, 1.82) is 0 Å². The number of rotatable bonds is 6. The fourth-order valence-electron chi connectivity index (χ4n) is 3.10. The minimum absolute atomic E-state index is 0.0294. The lowest BCUT2D eigenvalue weighted by Crippen LogP contribution is -2.34. The Morgan fingerprint density at radius 3 is 2.81 bits per heavy atom. The van der Waals surface area contributed by atoms with Crippen LogP contribution in [-0.2, 0) is 14.8 Å². The Labute approximate surface area is 158 Å². The third-order valence-corrected chi connectivity index (χ3v) is 7.29. The number of hydrogen-bond acceptors (Lipinski definition) is 5. The summed E-state index contributed by atoms with van der Waals surface area (Å²) < 4.78 is 25.6. The number of thiophene rings is 1. The molecule has 1 amide bonds. The van der Waals surface area contributed by atoms with Crippen LogP contribution in [0.15, 0.2) is 46.7 Å². The molecule has 2 heterocycles. The van der Waals surface area contributed by atoms with Crippen LogP contribution in [0.5, 0.6) is 0 Å². The molecule has 1 aliphatic heterocycles. The molecular weight excluding hydrogens is 370 g/mol. The Bertz CT molecular complexity index is 864. The second-order valence-electron chi connectivity index (χ2n) is 6.43. The Kier molecular flexibility index (Phi) is 5.64. The summed E-state index contributed by atoms with van der Waals surface area (Å²) in [6.07, 6.45) is 1.99. The van der Waals surface area contributed by atoms with Gasteiger partial charge in [-0.3, -0.25) is 4.79 Å². The molecule has 1 aromatic carbocycles. The molecule has 1 aromatic heterocycles. The first-order valence-electron chi connectivity index (χ1n) is 8.49. The molecule has 2 aromatic rings. The van der Waals surface area contributed by atoms with Crippen molar-refractivity contribution in [2.45, 2.75) is 23.8 Å². The zero-order valence-electron chi connectivity index (χ0n) is 14.9. The van der Waals surface area contributed by atoms with Crippen molar-refractivity contribution >= 4 is 33.0 Å². The summed E-state index contributed by atoms with van der Waals surface area (Å²) in [6, 6.07) is 10.8. The van der Waals surface area contributed by atoms with E-state index in [0.29, 0.717) is 5.69 Å². The number of nitrogens with one attached hydrogen (secondary N) is 1. The molecule has 1 aliphatic rings. The van der Waals surface area contributed by atoms with Gasteiger partial charge < -0.3 is 10.2 Å². The molecule has 0 aliphatic carbocycles. The monoisotopic (exact) mass is 393 g/mol. The molecule has 1 atom stereocenters. The van der Waals surface area contributed by atoms with E-state index in [9.17, 15) is 13.2 Å². The summed E-state index contributed by atoms with van der Waals surface area (Å²) in [7, 11) is -0.498. The zero-order valence-corrected chi connectivity index (χ0v) is 16.5. The van der Waals surface area contributed by atoms with Gasteiger partial charge in [0.05, 0.1) is 17.5 Å². The molecule has 140 valence electrons. The van der Waals surface area contributed by atoms with Crippen LogP contribution >= 0.6 is 11.3 Å². The van der Waals surface area contributed by atoms with Crippen LogP contribution in [-0.4, -0.2) is 50.7 Å². The first-order chi connectivity index (χ1) is 12.4. The van der Waals surface area contributed by atoms with Gasteiger partial charge in [0.25, 0.3) is 0 Å². The highest BCUT2D eigenvalue weighted by Crippen LogP contribution is 2.34. The molecule has 6 nitrogen and oxygen atoms in total. The lowest BCUT2D eigenvalue weighted by molar-refractivity contribution is -0.130. The highest BCUT2D eigenvalue weighted by molar-refractivity contribution is 7.89. The van der Waals surface area contributed by atoms with Crippen molar-refractivity contribution in [3.05, 3.63) is 46.7 Å². The first kappa shape index (κ1) is 18.9. The summed E-state index contributed by atoms with van der Waals surface area (Å²) in [4.78, 5) is 16.0. The van der Waals surface area contributed by atoms with Crippen LogP contribution in [0.2, 0.25) is 0 Å². The number of carbonyl (C=O) groups excluding carboxylic acids is 1.